The highest BCUT2D eigenvalue weighted by molar-refractivity contribution is 5.84. The van der Waals surface area contributed by atoms with Gasteiger partial charge in [-0.25, -0.2) is 5.43 Å². The summed E-state index contributed by atoms with van der Waals surface area (Å²) in [5, 5.41) is 12.9. The zero-order chi connectivity index (χ0) is 12.1. The van der Waals surface area contributed by atoms with E-state index in [9.17, 15) is 4.79 Å². The molecule has 90 valence electrons. The van der Waals surface area contributed by atoms with Crippen LogP contribution in [0, 0.1) is 0 Å². The zero-order valence-corrected chi connectivity index (χ0v) is 9.30. The lowest BCUT2D eigenvalue weighted by Crippen LogP contribution is -2.30. The molecular weight excluding hydrogens is 220 g/mol. The number of nitrogens with zero attached hydrogens (tertiary/aromatic N) is 1. The molecule has 2 N–H and O–H groups in total. The highest BCUT2D eigenvalue weighted by Crippen LogP contribution is 2.11. The zero-order valence-electron chi connectivity index (χ0n) is 9.30. The van der Waals surface area contributed by atoms with Gasteiger partial charge < -0.3 is 9.84 Å². The van der Waals surface area contributed by atoms with Gasteiger partial charge in [-0.3, -0.25) is 4.79 Å². The highest BCUT2D eigenvalue weighted by Gasteiger charge is 2.22. The SMILES string of the molecule is O=C(N/N=C/c1ccc(O)cc1)C1CCCO1. The second-order valence-corrected chi connectivity index (χ2v) is 3.83. The van der Waals surface area contributed by atoms with Crippen LogP contribution in [0.1, 0.15) is 18.4 Å². The summed E-state index contributed by atoms with van der Waals surface area (Å²) in [4.78, 5) is 11.5. The molecule has 1 fully saturated rings. The summed E-state index contributed by atoms with van der Waals surface area (Å²) in [6, 6.07) is 6.53. The topological polar surface area (TPSA) is 70.9 Å². The molecule has 5 nitrogen and oxygen atoms in total. The van der Waals surface area contributed by atoms with Crippen molar-refractivity contribution in [3.63, 3.8) is 0 Å². The van der Waals surface area contributed by atoms with E-state index in [0.29, 0.717) is 6.61 Å². The molecule has 0 saturated carbocycles. The molecule has 1 aromatic rings. The second kappa shape index (κ2) is 5.45. The van der Waals surface area contributed by atoms with Crippen molar-refractivity contribution < 1.29 is 14.6 Å². The van der Waals surface area contributed by atoms with Gasteiger partial charge >= 0.3 is 0 Å². The Morgan fingerprint density at radius 1 is 1.47 bits per heavy atom. The first-order valence-electron chi connectivity index (χ1n) is 5.49. The van der Waals surface area contributed by atoms with Crippen LogP contribution in [-0.2, 0) is 9.53 Å². The van der Waals surface area contributed by atoms with Crippen molar-refractivity contribution in [3.05, 3.63) is 29.8 Å². The second-order valence-electron chi connectivity index (χ2n) is 3.83. The van der Waals surface area contributed by atoms with E-state index in [4.69, 9.17) is 9.84 Å². The average Bonchev–Trinajstić information content (AvgIpc) is 2.85. The standard InChI is InChI=1S/C12H14N2O3/c15-10-5-3-9(4-6-10)8-13-14-12(16)11-2-1-7-17-11/h3-6,8,11,15H,1-2,7H2,(H,14,16)/b13-8+. The number of hydrogen-bond donors (Lipinski definition) is 2. The number of phenols is 1. The number of hydrogen-bond acceptors (Lipinski definition) is 4. The molecule has 0 aliphatic carbocycles. The Morgan fingerprint density at radius 2 is 2.24 bits per heavy atom. The highest BCUT2D eigenvalue weighted by atomic mass is 16.5. The number of benzene rings is 1. The van der Waals surface area contributed by atoms with Crippen molar-refractivity contribution >= 4 is 12.1 Å². The Balaban J connectivity index is 1.84. The Kier molecular flexibility index (Phi) is 3.72. The third-order valence-electron chi connectivity index (χ3n) is 2.50. The lowest BCUT2D eigenvalue weighted by molar-refractivity contribution is -0.130. The fraction of sp³-hybridized carbons (Fsp3) is 0.333. The van der Waals surface area contributed by atoms with E-state index >= 15 is 0 Å². The van der Waals surface area contributed by atoms with Crippen LogP contribution in [0.2, 0.25) is 0 Å². The maximum absolute atomic E-state index is 11.5. The molecule has 1 amide bonds. The van der Waals surface area contributed by atoms with E-state index in [1.807, 2.05) is 0 Å². The van der Waals surface area contributed by atoms with Crippen molar-refractivity contribution in [2.45, 2.75) is 18.9 Å². The van der Waals surface area contributed by atoms with Crippen LogP contribution in [0.25, 0.3) is 0 Å². The Bertz CT molecular complexity index is 408. The minimum absolute atomic E-state index is 0.200. The first-order chi connectivity index (χ1) is 8.25. The monoisotopic (exact) mass is 234 g/mol. The minimum Gasteiger partial charge on any atom is -0.508 e. The predicted octanol–water partition coefficient (Wildman–Crippen LogP) is 1.02. The number of phenolic OH excluding ortho intramolecular Hbond substituents is 1. The van der Waals surface area contributed by atoms with E-state index in [0.717, 1.165) is 18.4 Å². The van der Waals surface area contributed by atoms with Gasteiger partial charge in [0.25, 0.3) is 5.91 Å². The fourth-order valence-electron chi connectivity index (χ4n) is 1.59. The van der Waals surface area contributed by atoms with E-state index in [1.54, 1.807) is 24.3 Å². The van der Waals surface area contributed by atoms with Gasteiger partial charge in [-0.1, -0.05) is 0 Å². The molecule has 17 heavy (non-hydrogen) atoms. The van der Waals surface area contributed by atoms with Crippen molar-refractivity contribution in [1.82, 2.24) is 5.43 Å². The molecule has 1 aliphatic rings. The van der Waals surface area contributed by atoms with Gasteiger partial charge in [0, 0.05) is 6.61 Å². The number of carbonyl (C=O) groups excluding carboxylic acids is 1. The maximum Gasteiger partial charge on any atom is 0.269 e. The van der Waals surface area contributed by atoms with Crippen LogP contribution in [0.4, 0.5) is 0 Å². The number of aromatic hydroxyl groups is 1. The number of amides is 1. The molecule has 0 spiro atoms. The van der Waals surface area contributed by atoms with Crippen molar-refractivity contribution in [3.8, 4) is 5.75 Å². The molecule has 1 heterocycles. The van der Waals surface area contributed by atoms with Crippen LogP contribution in [0.3, 0.4) is 0 Å². The summed E-state index contributed by atoms with van der Waals surface area (Å²) in [6.45, 7) is 0.639. The third-order valence-corrected chi connectivity index (χ3v) is 2.50. The molecule has 1 aromatic carbocycles. The van der Waals surface area contributed by atoms with E-state index < -0.39 is 0 Å². The van der Waals surface area contributed by atoms with Gasteiger partial charge in [-0.2, -0.15) is 5.10 Å². The summed E-state index contributed by atoms with van der Waals surface area (Å²) in [5.74, 6) is -0.0110. The predicted molar refractivity (Wildman–Crippen MR) is 62.8 cm³/mol. The van der Waals surface area contributed by atoms with Crippen molar-refractivity contribution in [2.24, 2.45) is 5.10 Å². The molecular formula is C12H14N2O3. The van der Waals surface area contributed by atoms with Gasteiger partial charge in [0.05, 0.1) is 6.21 Å². The van der Waals surface area contributed by atoms with Gasteiger partial charge in [-0.15, -0.1) is 0 Å². The van der Waals surface area contributed by atoms with Gasteiger partial charge in [0.2, 0.25) is 0 Å². The lowest BCUT2D eigenvalue weighted by atomic mass is 10.2. The Labute approximate surface area is 99.1 Å². The number of hydrazone groups is 1. The van der Waals surface area contributed by atoms with Gasteiger partial charge in [0.15, 0.2) is 0 Å². The van der Waals surface area contributed by atoms with Crippen LogP contribution in [0.5, 0.6) is 5.75 Å². The van der Waals surface area contributed by atoms with Gasteiger partial charge in [-0.05, 0) is 42.7 Å². The number of rotatable bonds is 3. The summed E-state index contributed by atoms with van der Waals surface area (Å²) in [5.41, 5.74) is 3.23. The first-order valence-corrected chi connectivity index (χ1v) is 5.49. The summed E-state index contributed by atoms with van der Waals surface area (Å²) >= 11 is 0. The summed E-state index contributed by atoms with van der Waals surface area (Å²) in [7, 11) is 0. The number of ether oxygens (including phenoxy) is 1. The largest absolute Gasteiger partial charge is 0.508 e. The molecule has 5 heteroatoms. The Hall–Kier alpha value is -1.88. The van der Waals surface area contributed by atoms with Crippen LogP contribution < -0.4 is 5.43 Å². The molecule has 1 atom stereocenters. The summed E-state index contributed by atoms with van der Waals surface area (Å²) in [6.07, 6.45) is 2.82. The number of nitrogens with one attached hydrogen (secondary N) is 1. The normalized spacial score (nSPS) is 19.6. The first kappa shape index (κ1) is 11.6. The lowest BCUT2D eigenvalue weighted by Gasteiger charge is -2.05. The fourth-order valence-corrected chi connectivity index (χ4v) is 1.59. The molecule has 0 bridgehead atoms. The molecule has 2 rings (SSSR count). The quantitative estimate of drug-likeness (QED) is 0.606. The van der Waals surface area contributed by atoms with Crippen LogP contribution >= 0.6 is 0 Å². The molecule has 1 aliphatic heterocycles. The average molecular weight is 234 g/mol. The van der Waals surface area contributed by atoms with E-state index in [-0.39, 0.29) is 17.8 Å². The molecule has 1 unspecified atom stereocenters. The molecule has 0 aromatic heterocycles. The van der Waals surface area contributed by atoms with Crippen molar-refractivity contribution in [1.29, 1.82) is 0 Å². The van der Waals surface area contributed by atoms with Crippen molar-refractivity contribution in [2.75, 3.05) is 6.61 Å². The molecule has 0 radical (unpaired) electrons. The Morgan fingerprint density at radius 3 is 2.88 bits per heavy atom. The van der Waals surface area contributed by atoms with Gasteiger partial charge in [0.1, 0.15) is 11.9 Å². The van der Waals surface area contributed by atoms with E-state index in [1.165, 1.54) is 6.21 Å². The van der Waals surface area contributed by atoms with Crippen LogP contribution in [0.15, 0.2) is 29.4 Å². The number of carbonyl (C=O) groups is 1. The van der Waals surface area contributed by atoms with Crippen LogP contribution in [-0.4, -0.2) is 29.9 Å². The molecule has 1 saturated heterocycles. The summed E-state index contributed by atoms with van der Waals surface area (Å²) < 4.78 is 5.21. The maximum atomic E-state index is 11.5. The minimum atomic E-state index is -0.369. The smallest absolute Gasteiger partial charge is 0.269 e. The third kappa shape index (κ3) is 3.29. The van der Waals surface area contributed by atoms with E-state index in [2.05, 4.69) is 10.5 Å².